The second-order valence-corrected chi connectivity index (χ2v) is 8.35. The molecule has 1 aromatic rings. The highest BCUT2D eigenvalue weighted by Crippen LogP contribution is 2.11. The van der Waals surface area contributed by atoms with Gasteiger partial charge in [-0.2, -0.15) is 0 Å². The fourth-order valence-electron chi connectivity index (χ4n) is 1.75. The molecule has 0 saturated carbocycles. The third kappa shape index (κ3) is 8.89. The van der Waals surface area contributed by atoms with Crippen molar-refractivity contribution < 1.29 is 17.9 Å². The lowest BCUT2D eigenvalue weighted by atomic mass is 10.1. The van der Waals surface area contributed by atoms with Crippen LogP contribution in [0.5, 0.6) is 0 Å². The zero-order valence-electron chi connectivity index (χ0n) is 14.0. The fourth-order valence-corrected chi connectivity index (χ4v) is 2.57. The third-order valence-corrected chi connectivity index (χ3v) is 3.41. The topological polar surface area (TPSA) is 72.5 Å². The molecule has 6 heteroatoms. The lowest BCUT2D eigenvalue weighted by Crippen LogP contribution is -2.32. The number of ether oxygens (including phenoxy) is 1. The molecule has 0 aliphatic heterocycles. The molecule has 0 radical (unpaired) electrons. The summed E-state index contributed by atoms with van der Waals surface area (Å²) in [6.07, 6.45) is 1.17. The van der Waals surface area contributed by atoms with Crippen LogP contribution in [0.1, 0.15) is 38.3 Å². The minimum Gasteiger partial charge on any atom is -0.444 e. The van der Waals surface area contributed by atoms with Crippen LogP contribution in [-0.2, 0) is 20.3 Å². The van der Waals surface area contributed by atoms with Crippen LogP contribution in [0.25, 0.3) is 0 Å². The molecule has 0 aromatic heterocycles. The van der Waals surface area contributed by atoms with Gasteiger partial charge < -0.3 is 10.1 Å². The number of hydrogen-bond donors (Lipinski definition) is 1. The van der Waals surface area contributed by atoms with Gasteiger partial charge in [-0.15, -0.1) is 0 Å². The number of carbonyl (C=O) groups is 1. The molecule has 0 fully saturated rings. The van der Waals surface area contributed by atoms with Crippen molar-refractivity contribution in [2.24, 2.45) is 0 Å². The van der Waals surface area contributed by atoms with Crippen molar-refractivity contribution in [3.8, 4) is 11.8 Å². The van der Waals surface area contributed by atoms with Gasteiger partial charge in [-0.25, -0.2) is 13.2 Å². The summed E-state index contributed by atoms with van der Waals surface area (Å²) >= 11 is 0. The molecule has 0 bridgehead atoms. The zero-order chi connectivity index (χ0) is 17.5. The first-order valence-corrected chi connectivity index (χ1v) is 9.34. The summed E-state index contributed by atoms with van der Waals surface area (Å²) < 4.78 is 27.9. The number of benzene rings is 1. The maximum atomic E-state index is 11.5. The van der Waals surface area contributed by atoms with E-state index in [2.05, 4.69) is 17.2 Å². The lowest BCUT2D eigenvalue weighted by Gasteiger charge is -2.19. The van der Waals surface area contributed by atoms with Crippen LogP contribution < -0.4 is 5.32 Å². The average Bonchev–Trinajstić information content (AvgIpc) is 2.36. The van der Waals surface area contributed by atoms with Gasteiger partial charge in [-0.3, -0.25) is 0 Å². The van der Waals surface area contributed by atoms with E-state index in [4.69, 9.17) is 4.74 Å². The smallest absolute Gasteiger partial charge is 0.407 e. The molecule has 1 rings (SSSR count). The number of nitrogens with one attached hydrogen (secondary N) is 1. The Kier molecular flexibility index (Phi) is 6.64. The highest BCUT2D eigenvalue weighted by atomic mass is 32.2. The zero-order valence-corrected chi connectivity index (χ0v) is 14.8. The molecule has 0 aliphatic carbocycles. The largest absolute Gasteiger partial charge is 0.444 e. The minimum absolute atomic E-state index is 0.0337. The van der Waals surface area contributed by atoms with E-state index < -0.39 is 21.5 Å². The number of hydrogen-bond acceptors (Lipinski definition) is 4. The van der Waals surface area contributed by atoms with Gasteiger partial charge in [-0.1, -0.05) is 30.0 Å². The fraction of sp³-hybridized carbons (Fsp3) is 0.471. The summed E-state index contributed by atoms with van der Waals surface area (Å²) in [5.74, 6) is 5.85. The predicted octanol–water partition coefficient (Wildman–Crippen LogP) is 2.50. The first kappa shape index (κ1) is 19.0. The van der Waals surface area contributed by atoms with Crippen LogP contribution >= 0.6 is 0 Å². The summed E-state index contributed by atoms with van der Waals surface area (Å²) in [6.45, 7) is 5.76. The van der Waals surface area contributed by atoms with Gasteiger partial charge in [0, 0.05) is 24.8 Å². The molecule has 0 atom stereocenters. The van der Waals surface area contributed by atoms with Crippen LogP contribution in [0.15, 0.2) is 24.3 Å². The van der Waals surface area contributed by atoms with Crippen LogP contribution in [0, 0.1) is 11.8 Å². The van der Waals surface area contributed by atoms with Crippen LogP contribution in [0.3, 0.4) is 0 Å². The minimum atomic E-state index is -3.10. The Morgan fingerprint density at radius 1 is 1.26 bits per heavy atom. The maximum Gasteiger partial charge on any atom is 0.407 e. The van der Waals surface area contributed by atoms with Crippen molar-refractivity contribution in [2.45, 2.75) is 38.5 Å². The van der Waals surface area contributed by atoms with E-state index in [-0.39, 0.29) is 5.75 Å². The van der Waals surface area contributed by atoms with Crippen molar-refractivity contribution in [3.05, 3.63) is 35.4 Å². The Morgan fingerprint density at radius 2 is 1.91 bits per heavy atom. The SMILES string of the molecule is CC(C)(C)OC(=O)NCCC#Cc1ccccc1CS(C)(=O)=O. The van der Waals surface area contributed by atoms with Gasteiger partial charge in [0.25, 0.3) is 0 Å². The lowest BCUT2D eigenvalue weighted by molar-refractivity contribution is 0.0529. The first-order chi connectivity index (χ1) is 10.6. The second kappa shape index (κ2) is 8.02. The molecule has 0 aliphatic rings. The van der Waals surface area contributed by atoms with Crippen LogP contribution in [0.4, 0.5) is 4.79 Å². The molecule has 1 amide bonds. The standard InChI is InChI=1S/C17H23NO4S/c1-17(2,3)22-16(19)18-12-8-7-10-14-9-5-6-11-15(14)13-23(4,20)21/h5-6,9,11H,8,12-13H2,1-4H3,(H,18,19). The molecule has 0 spiro atoms. The first-order valence-electron chi connectivity index (χ1n) is 7.28. The Morgan fingerprint density at radius 3 is 2.52 bits per heavy atom. The third-order valence-electron chi connectivity index (χ3n) is 2.58. The average molecular weight is 337 g/mol. The highest BCUT2D eigenvalue weighted by Gasteiger charge is 2.15. The van der Waals surface area contributed by atoms with Crippen LogP contribution in [-0.4, -0.2) is 32.9 Å². The highest BCUT2D eigenvalue weighted by molar-refractivity contribution is 7.89. The predicted molar refractivity (Wildman–Crippen MR) is 90.7 cm³/mol. The van der Waals surface area contributed by atoms with Gasteiger partial charge in [0.2, 0.25) is 0 Å². The number of sulfone groups is 1. The molecule has 0 unspecified atom stereocenters. The number of carbonyl (C=O) groups excluding carboxylic acids is 1. The van der Waals surface area contributed by atoms with Crippen molar-refractivity contribution in [3.63, 3.8) is 0 Å². The normalized spacial score (nSPS) is 11.3. The van der Waals surface area contributed by atoms with Gasteiger partial charge in [0.1, 0.15) is 5.60 Å². The van der Waals surface area contributed by atoms with Crippen molar-refractivity contribution in [1.29, 1.82) is 0 Å². The van der Waals surface area contributed by atoms with Gasteiger partial charge in [0.15, 0.2) is 9.84 Å². The van der Waals surface area contributed by atoms with E-state index in [0.717, 1.165) is 0 Å². The summed E-state index contributed by atoms with van der Waals surface area (Å²) in [5.41, 5.74) is 0.846. The molecule has 0 heterocycles. The van der Waals surface area contributed by atoms with E-state index in [1.165, 1.54) is 6.26 Å². The molecule has 5 nitrogen and oxygen atoms in total. The van der Waals surface area contributed by atoms with Gasteiger partial charge in [0.05, 0.1) is 5.75 Å². The molecular formula is C17H23NO4S. The van der Waals surface area contributed by atoms with E-state index in [1.807, 2.05) is 6.07 Å². The number of amides is 1. The second-order valence-electron chi connectivity index (χ2n) is 6.21. The maximum absolute atomic E-state index is 11.5. The summed E-state index contributed by atoms with van der Waals surface area (Å²) in [6, 6.07) is 7.14. The molecular weight excluding hydrogens is 314 g/mol. The summed E-state index contributed by atoms with van der Waals surface area (Å²) in [5, 5.41) is 2.62. The van der Waals surface area contributed by atoms with Crippen LogP contribution in [0.2, 0.25) is 0 Å². The Labute approximate surface area is 138 Å². The van der Waals surface area contributed by atoms with Crippen molar-refractivity contribution in [2.75, 3.05) is 12.8 Å². The molecule has 1 aromatic carbocycles. The number of alkyl carbamates (subject to hydrolysis) is 1. The number of rotatable bonds is 4. The van der Waals surface area contributed by atoms with Gasteiger partial charge >= 0.3 is 6.09 Å². The molecule has 126 valence electrons. The molecule has 0 saturated heterocycles. The van der Waals surface area contributed by atoms with E-state index in [0.29, 0.717) is 24.1 Å². The van der Waals surface area contributed by atoms with E-state index in [9.17, 15) is 13.2 Å². The van der Waals surface area contributed by atoms with E-state index in [1.54, 1.807) is 39.0 Å². The van der Waals surface area contributed by atoms with Gasteiger partial charge in [-0.05, 0) is 32.4 Å². The Hall–Kier alpha value is -2.00. The summed E-state index contributed by atoms with van der Waals surface area (Å²) in [7, 11) is -3.10. The van der Waals surface area contributed by atoms with Crippen molar-refractivity contribution in [1.82, 2.24) is 5.32 Å². The monoisotopic (exact) mass is 337 g/mol. The summed E-state index contributed by atoms with van der Waals surface area (Å²) in [4.78, 5) is 11.5. The quantitative estimate of drug-likeness (QED) is 0.677. The van der Waals surface area contributed by atoms with E-state index >= 15 is 0 Å². The Balaban J connectivity index is 2.56. The Bertz CT molecular complexity index is 706. The van der Waals surface area contributed by atoms with Crippen molar-refractivity contribution >= 4 is 15.9 Å². The molecule has 1 N–H and O–H groups in total. The molecule has 23 heavy (non-hydrogen) atoms.